The van der Waals surface area contributed by atoms with Crippen molar-refractivity contribution in [3.63, 3.8) is 0 Å². The Morgan fingerprint density at radius 3 is 2.19 bits per heavy atom. The molecule has 58 heavy (non-hydrogen) atoms. The van der Waals surface area contributed by atoms with Crippen LogP contribution in [0.15, 0.2) is 30.3 Å². The fourth-order valence-electron chi connectivity index (χ4n) is 8.81. The van der Waals surface area contributed by atoms with Crippen LogP contribution in [-0.4, -0.2) is 149 Å². The Labute approximate surface area is 345 Å². The van der Waals surface area contributed by atoms with Gasteiger partial charge < -0.3 is 35.2 Å². The third kappa shape index (κ3) is 11.8. The zero-order valence-electron chi connectivity index (χ0n) is 36.4. The molecule has 0 radical (unpaired) electrons. The van der Waals surface area contributed by atoms with E-state index in [1.165, 1.54) is 0 Å². The van der Waals surface area contributed by atoms with Gasteiger partial charge in [0.2, 0.25) is 23.6 Å². The number of aromatic nitrogens is 4. The standard InChI is InChI=1S/C42H70N10O6/c1-11-28(6)37(50(8)42(56)35(26(2)3)45-41(55)36(27(4)5)51-22-19-43-20-23-51)33(57-9)25-34(53)52-21-15-18-32(52)38(58-10)29(7)40(54)44-31(39-46-48-49-47-39)24-30-16-13-12-14-17-30/h12-14,16-17,26-29,31-33,35-38,43H,11,15,18-25H2,1-10H3,(H,44,54)(H,45,55)(H,46,47,48,49)/t28-,29+,31-,32-,33?,35?,36-,37-,38+/m0/s1. The fourth-order valence-corrected chi connectivity index (χ4v) is 8.81. The van der Waals surface area contributed by atoms with Gasteiger partial charge in [0.15, 0.2) is 5.82 Å². The van der Waals surface area contributed by atoms with Gasteiger partial charge in [-0.2, -0.15) is 5.21 Å². The zero-order valence-corrected chi connectivity index (χ0v) is 36.4. The van der Waals surface area contributed by atoms with Gasteiger partial charge in [-0.25, -0.2) is 0 Å². The number of hydrogen-bond donors (Lipinski definition) is 4. The first-order chi connectivity index (χ1) is 27.7. The second kappa shape index (κ2) is 22.4. The van der Waals surface area contributed by atoms with E-state index >= 15 is 0 Å². The smallest absolute Gasteiger partial charge is 0.245 e. The van der Waals surface area contributed by atoms with E-state index in [0.717, 1.165) is 44.6 Å². The van der Waals surface area contributed by atoms with Crippen molar-refractivity contribution in [2.75, 3.05) is 54.0 Å². The first-order valence-corrected chi connectivity index (χ1v) is 21.2. The molecule has 9 atom stereocenters. The number of likely N-dealkylation sites (tertiary alicyclic amines) is 1. The van der Waals surface area contributed by atoms with Gasteiger partial charge in [0.05, 0.1) is 48.7 Å². The van der Waals surface area contributed by atoms with Crippen LogP contribution >= 0.6 is 0 Å². The maximum atomic E-state index is 14.5. The average molecular weight is 811 g/mol. The molecule has 1 aromatic heterocycles. The SMILES string of the molecule is CC[C@H](C)[C@@H](C(CC(=O)N1CCC[C@H]1[C@H](OC)[C@@H](C)C(=O)N[C@@H](Cc1ccccc1)c1nn[nH]n1)OC)N(C)C(=O)C(NC(=O)[C@H](C(C)C)N1CCNCC1)C(C)C. The van der Waals surface area contributed by atoms with Crippen molar-refractivity contribution < 1.29 is 28.7 Å². The lowest BCUT2D eigenvalue weighted by atomic mass is 9.89. The summed E-state index contributed by atoms with van der Waals surface area (Å²) in [5.74, 6) is -1.11. The van der Waals surface area contributed by atoms with Crippen molar-refractivity contribution in [2.24, 2.45) is 23.7 Å². The summed E-state index contributed by atoms with van der Waals surface area (Å²) >= 11 is 0. The number of aromatic amines is 1. The monoisotopic (exact) mass is 811 g/mol. The molecule has 0 aliphatic carbocycles. The molecule has 4 amide bonds. The number of rotatable bonds is 21. The van der Waals surface area contributed by atoms with Crippen molar-refractivity contribution >= 4 is 23.6 Å². The number of likely N-dealkylation sites (N-methyl/N-ethyl adjacent to an activating group) is 1. The van der Waals surface area contributed by atoms with E-state index in [9.17, 15) is 19.2 Å². The first-order valence-electron chi connectivity index (χ1n) is 21.2. The van der Waals surface area contributed by atoms with Crippen molar-refractivity contribution in [2.45, 2.75) is 123 Å². The number of piperazine rings is 1. The zero-order chi connectivity index (χ0) is 42.5. The largest absolute Gasteiger partial charge is 0.379 e. The van der Waals surface area contributed by atoms with Crippen LogP contribution in [0, 0.1) is 23.7 Å². The van der Waals surface area contributed by atoms with Gasteiger partial charge in [0.25, 0.3) is 0 Å². The van der Waals surface area contributed by atoms with Crippen LogP contribution in [0.1, 0.15) is 91.6 Å². The summed E-state index contributed by atoms with van der Waals surface area (Å²) in [6, 6.07) is 7.34. The lowest BCUT2D eigenvalue weighted by Crippen LogP contribution is -2.61. The van der Waals surface area contributed by atoms with Crippen molar-refractivity contribution in [3.8, 4) is 0 Å². The van der Waals surface area contributed by atoms with Gasteiger partial charge in [0, 0.05) is 60.4 Å². The minimum absolute atomic E-state index is 0.0210. The van der Waals surface area contributed by atoms with Crippen LogP contribution < -0.4 is 16.0 Å². The average Bonchev–Trinajstić information content (AvgIpc) is 3.94. The number of methoxy groups -OCH3 is 2. The molecule has 4 N–H and O–H groups in total. The number of amides is 4. The van der Waals surface area contributed by atoms with E-state index in [1.54, 1.807) is 26.2 Å². The summed E-state index contributed by atoms with van der Waals surface area (Å²) in [6.45, 7) is 17.6. The van der Waals surface area contributed by atoms with Gasteiger partial charge in [-0.3, -0.25) is 24.1 Å². The molecular formula is C42H70N10O6. The Hall–Kier alpha value is -3.99. The number of hydrogen-bond acceptors (Lipinski definition) is 11. The maximum Gasteiger partial charge on any atom is 0.245 e. The third-order valence-electron chi connectivity index (χ3n) is 12.2. The number of tetrazole rings is 1. The Balaban J connectivity index is 1.48. The van der Waals surface area contributed by atoms with Crippen LogP contribution in [0.4, 0.5) is 0 Å². The molecule has 0 spiro atoms. The Bertz CT molecular complexity index is 1570. The number of H-pyrrole nitrogens is 1. The number of benzene rings is 1. The molecule has 2 saturated heterocycles. The summed E-state index contributed by atoms with van der Waals surface area (Å²) in [6.07, 6.45) is 1.47. The highest BCUT2D eigenvalue weighted by atomic mass is 16.5. The maximum absolute atomic E-state index is 14.5. The van der Waals surface area contributed by atoms with E-state index in [-0.39, 0.29) is 59.9 Å². The predicted molar refractivity (Wildman–Crippen MR) is 221 cm³/mol. The summed E-state index contributed by atoms with van der Waals surface area (Å²) in [5.41, 5.74) is 1.01. The normalized spacial score (nSPS) is 20.5. The molecule has 2 fully saturated rings. The minimum atomic E-state index is -0.758. The number of carbonyl (C=O) groups excluding carboxylic acids is 4. The summed E-state index contributed by atoms with van der Waals surface area (Å²) in [5, 5.41) is 24.1. The predicted octanol–water partition coefficient (Wildman–Crippen LogP) is 2.59. The fraction of sp³-hybridized carbons (Fsp3) is 0.738. The van der Waals surface area contributed by atoms with Crippen LogP contribution in [0.2, 0.25) is 0 Å². The minimum Gasteiger partial charge on any atom is -0.379 e. The highest BCUT2D eigenvalue weighted by Gasteiger charge is 2.43. The second-order valence-corrected chi connectivity index (χ2v) is 16.8. The van der Waals surface area contributed by atoms with Crippen molar-refractivity contribution in [1.29, 1.82) is 0 Å². The highest BCUT2D eigenvalue weighted by molar-refractivity contribution is 5.90. The molecule has 2 aliphatic rings. The van der Waals surface area contributed by atoms with E-state index in [4.69, 9.17) is 9.47 Å². The quantitative estimate of drug-likeness (QED) is 0.145. The lowest BCUT2D eigenvalue weighted by Gasteiger charge is -2.41. The molecule has 4 rings (SSSR count). The van der Waals surface area contributed by atoms with Crippen LogP contribution in [-0.2, 0) is 35.1 Å². The number of nitrogens with one attached hydrogen (secondary N) is 4. The molecule has 324 valence electrons. The summed E-state index contributed by atoms with van der Waals surface area (Å²) in [4.78, 5) is 62.3. The van der Waals surface area contributed by atoms with E-state index in [1.807, 2.05) is 69.9 Å². The molecule has 0 saturated carbocycles. The Morgan fingerprint density at radius 2 is 1.62 bits per heavy atom. The second-order valence-electron chi connectivity index (χ2n) is 16.8. The molecular weight excluding hydrogens is 741 g/mol. The van der Waals surface area contributed by atoms with Crippen LogP contribution in [0.5, 0.6) is 0 Å². The Morgan fingerprint density at radius 1 is 0.931 bits per heavy atom. The van der Waals surface area contributed by atoms with Crippen LogP contribution in [0.25, 0.3) is 0 Å². The van der Waals surface area contributed by atoms with Crippen LogP contribution in [0.3, 0.4) is 0 Å². The molecule has 1 aromatic carbocycles. The number of carbonyl (C=O) groups is 4. The van der Waals surface area contributed by atoms with E-state index in [2.05, 4.69) is 55.3 Å². The molecule has 2 aliphatic heterocycles. The molecule has 2 aromatic rings. The molecule has 2 unspecified atom stereocenters. The van der Waals surface area contributed by atoms with E-state index in [0.29, 0.717) is 25.2 Å². The van der Waals surface area contributed by atoms with Gasteiger partial charge in [0.1, 0.15) is 6.04 Å². The van der Waals surface area contributed by atoms with Gasteiger partial charge in [-0.05, 0) is 36.2 Å². The lowest BCUT2D eigenvalue weighted by molar-refractivity contribution is -0.148. The third-order valence-corrected chi connectivity index (χ3v) is 12.2. The van der Waals surface area contributed by atoms with Crippen molar-refractivity contribution in [1.82, 2.24) is 51.3 Å². The Kier molecular flexibility index (Phi) is 18.0. The van der Waals surface area contributed by atoms with Crippen molar-refractivity contribution in [3.05, 3.63) is 41.7 Å². The highest BCUT2D eigenvalue weighted by Crippen LogP contribution is 2.30. The number of nitrogens with zero attached hydrogens (tertiary/aromatic N) is 6. The summed E-state index contributed by atoms with van der Waals surface area (Å²) < 4.78 is 12.1. The van der Waals surface area contributed by atoms with E-state index < -0.39 is 36.3 Å². The molecule has 0 bridgehead atoms. The molecule has 16 nitrogen and oxygen atoms in total. The molecule has 16 heteroatoms. The molecule has 3 heterocycles. The van der Waals surface area contributed by atoms with Gasteiger partial charge >= 0.3 is 0 Å². The first kappa shape index (κ1) is 46.7. The summed E-state index contributed by atoms with van der Waals surface area (Å²) in [7, 11) is 4.91. The van der Waals surface area contributed by atoms with Gasteiger partial charge in [-0.1, -0.05) is 90.4 Å². The van der Waals surface area contributed by atoms with Gasteiger partial charge in [-0.15, -0.1) is 10.2 Å². The number of ether oxygens (including phenoxy) is 2. The topological polar surface area (TPSA) is 187 Å².